The number of hydrogen-bond acceptors (Lipinski definition) is 4. The van der Waals surface area contributed by atoms with Crippen LogP contribution in [0.1, 0.15) is 15.4 Å². The van der Waals surface area contributed by atoms with Crippen molar-refractivity contribution >= 4 is 27.6 Å². The molecule has 33 heavy (non-hydrogen) atoms. The molecule has 0 unspecified atom stereocenters. The highest BCUT2D eigenvalue weighted by molar-refractivity contribution is 7.92. The molecule has 2 amide bonds. The fourth-order valence-corrected chi connectivity index (χ4v) is 4.18. The summed E-state index contributed by atoms with van der Waals surface area (Å²) in [5, 5.41) is 9.66. The predicted molar refractivity (Wildman–Crippen MR) is 134 cm³/mol. The number of nitrogens with zero attached hydrogens (tertiary/aromatic N) is 2. The molecule has 3 aromatic carbocycles. The summed E-state index contributed by atoms with van der Waals surface area (Å²) in [4.78, 5) is 12.2. The molecule has 174 valence electrons. The van der Waals surface area contributed by atoms with Crippen LogP contribution in [-0.4, -0.2) is 24.2 Å². The van der Waals surface area contributed by atoms with Crippen molar-refractivity contribution in [2.75, 3.05) is 10.0 Å². The lowest BCUT2D eigenvalue weighted by Gasteiger charge is -2.12. The van der Waals surface area contributed by atoms with Crippen LogP contribution in [0.4, 0.5) is 16.3 Å². The lowest BCUT2D eigenvalue weighted by Crippen LogP contribution is -2.28. The third kappa shape index (κ3) is 5.58. The first-order valence-corrected chi connectivity index (χ1v) is 11.7. The Morgan fingerprint density at radius 1 is 0.939 bits per heavy atom. The van der Waals surface area contributed by atoms with Crippen LogP contribution in [0.5, 0.6) is 0 Å². The van der Waals surface area contributed by atoms with Crippen molar-refractivity contribution in [2.24, 2.45) is 0 Å². The Morgan fingerprint density at radius 3 is 2.33 bits per heavy atom. The van der Waals surface area contributed by atoms with Gasteiger partial charge in [0, 0.05) is 22.6 Å². The van der Waals surface area contributed by atoms with E-state index in [1.807, 2.05) is 61.5 Å². The molecule has 1 aromatic heterocycles. The molecule has 0 radical (unpaired) electrons. The summed E-state index contributed by atoms with van der Waals surface area (Å²) < 4.78 is 29.8. The minimum absolute atomic E-state index is 0. The molecule has 0 aliphatic rings. The molecular formula is C24H29N5O3S. The second kappa shape index (κ2) is 9.58. The first-order valence-electron chi connectivity index (χ1n) is 10.2. The Labute approximate surface area is 196 Å². The predicted octanol–water partition coefficient (Wildman–Crippen LogP) is 5.04. The van der Waals surface area contributed by atoms with Crippen molar-refractivity contribution in [2.45, 2.75) is 18.4 Å². The van der Waals surface area contributed by atoms with E-state index >= 15 is 0 Å². The maximum absolute atomic E-state index is 12.8. The number of carbonyl (C=O) groups is 1. The average Bonchev–Trinajstić information content (AvgIpc) is 3.27. The SMILES string of the molecule is Cc1ccc(CNC(=O)Nc2ccc(S(=O)(=O)Nc3ccnn3-c3ccccc3)cc2)cc1.[HH].[HH].[HH]. The third-order valence-corrected chi connectivity index (χ3v) is 6.25. The molecule has 0 saturated heterocycles. The van der Waals surface area contributed by atoms with Crippen LogP contribution < -0.4 is 15.4 Å². The number of nitrogens with one attached hydrogen (secondary N) is 3. The van der Waals surface area contributed by atoms with Crippen LogP contribution >= 0.6 is 0 Å². The first-order chi connectivity index (χ1) is 15.9. The van der Waals surface area contributed by atoms with Crippen molar-refractivity contribution in [1.29, 1.82) is 0 Å². The molecule has 9 heteroatoms. The lowest BCUT2D eigenvalue weighted by molar-refractivity contribution is 0.251. The van der Waals surface area contributed by atoms with Crippen LogP contribution in [-0.2, 0) is 16.6 Å². The topological polar surface area (TPSA) is 105 Å². The van der Waals surface area contributed by atoms with E-state index in [1.165, 1.54) is 35.1 Å². The van der Waals surface area contributed by atoms with Crippen LogP contribution in [0.3, 0.4) is 0 Å². The number of rotatable bonds is 7. The quantitative estimate of drug-likeness (QED) is 0.354. The second-order valence-corrected chi connectivity index (χ2v) is 9.07. The summed E-state index contributed by atoms with van der Waals surface area (Å²) in [6, 6.07) is 24.2. The number of urea groups is 1. The van der Waals surface area contributed by atoms with Gasteiger partial charge in [-0.05, 0) is 48.9 Å². The molecule has 0 bridgehead atoms. The van der Waals surface area contributed by atoms with Gasteiger partial charge in [-0.2, -0.15) is 5.10 Å². The smallest absolute Gasteiger partial charge is 0.319 e. The molecule has 4 rings (SSSR count). The van der Waals surface area contributed by atoms with Crippen LogP contribution in [0.25, 0.3) is 5.69 Å². The number of hydrogen-bond donors (Lipinski definition) is 3. The number of sulfonamides is 1. The van der Waals surface area contributed by atoms with Gasteiger partial charge in [0.1, 0.15) is 5.82 Å². The van der Waals surface area contributed by atoms with E-state index in [9.17, 15) is 13.2 Å². The number of aryl methyl sites for hydroxylation is 1. The van der Waals surface area contributed by atoms with E-state index in [4.69, 9.17) is 0 Å². The highest BCUT2D eigenvalue weighted by Crippen LogP contribution is 2.20. The lowest BCUT2D eigenvalue weighted by atomic mass is 10.1. The van der Waals surface area contributed by atoms with Crippen molar-refractivity contribution in [3.05, 3.63) is 102 Å². The zero-order valence-corrected chi connectivity index (χ0v) is 18.7. The molecule has 8 nitrogen and oxygen atoms in total. The zero-order chi connectivity index (χ0) is 23.3. The van der Waals surface area contributed by atoms with Gasteiger partial charge in [-0.1, -0.05) is 48.0 Å². The molecule has 0 spiro atoms. The molecule has 0 aliphatic carbocycles. The molecule has 0 fully saturated rings. The van der Waals surface area contributed by atoms with Gasteiger partial charge in [-0.15, -0.1) is 0 Å². The van der Waals surface area contributed by atoms with Crippen molar-refractivity contribution < 1.29 is 17.5 Å². The minimum atomic E-state index is -3.85. The van der Waals surface area contributed by atoms with E-state index < -0.39 is 10.0 Å². The number of amides is 2. The van der Waals surface area contributed by atoms with Crippen LogP contribution in [0.15, 0.2) is 96.0 Å². The number of anilines is 2. The average molecular weight is 468 g/mol. The molecular weight excluding hydrogens is 438 g/mol. The third-order valence-electron chi connectivity index (χ3n) is 4.88. The van der Waals surface area contributed by atoms with Crippen LogP contribution in [0, 0.1) is 6.92 Å². The zero-order valence-electron chi connectivity index (χ0n) is 17.9. The monoisotopic (exact) mass is 467 g/mol. The number of aromatic nitrogens is 2. The Bertz CT molecular complexity index is 1350. The Balaban J connectivity index is 0.00000216. The number of benzene rings is 3. The van der Waals surface area contributed by atoms with Gasteiger partial charge in [-0.3, -0.25) is 4.72 Å². The van der Waals surface area contributed by atoms with Crippen molar-refractivity contribution in [3.63, 3.8) is 0 Å². The first kappa shape index (κ1) is 22.1. The summed E-state index contributed by atoms with van der Waals surface area (Å²) in [7, 11) is -3.85. The summed E-state index contributed by atoms with van der Waals surface area (Å²) in [5.41, 5.74) is 3.34. The molecule has 0 saturated carbocycles. The summed E-state index contributed by atoms with van der Waals surface area (Å²) in [6.07, 6.45) is 1.52. The highest BCUT2D eigenvalue weighted by atomic mass is 32.2. The molecule has 4 aromatic rings. The molecule has 1 heterocycles. The van der Waals surface area contributed by atoms with Gasteiger partial charge in [-0.25, -0.2) is 17.9 Å². The number of para-hydroxylation sites is 1. The Morgan fingerprint density at radius 2 is 1.64 bits per heavy atom. The largest absolute Gasteiger partial charge is 0.334 e. The van der Waals surface area contributed by atoms with Gasteiger partial charge in [0.25, 0.3) is 10.0 Å². The standard InChI is InChI=1S/C24H23N5O3S.3H2/c1-18-7-9-19(10-8-18)17-25-24(30)27-20-11-13-22(14-12-20)33(31,32)28-23-15-16-26-29(23)21-5-3-2-4-6-21;;;/h2-16,28H,17H2,1H3,(H2,25,27,30);3*1H. The Kier molecular flexibility index (Phi) is 6.41. The van der Waals surface area contributed by atoms with Gasteiger partial charge in [0.05, 0.1) is 16.8 Å². The van der Waals surface area contributed by atoms with Gasteiger partial charge in [0.15, 0.2) is 0 Å². The maximum atomic E-state index is 12.8. The maximum Gasteiger partial charge on any atom is 0.319 e. The summed E-state index contributed by atoms with van der Waals surface area (Å²) in [6.45, 7) is 2.39. The molecule has 3 N–H and O–H groups in total. The fraction of sp³-hybridized carbons (Fsp3) is 0.0833. The molecule has 0 aliphatic heterocycles. The van der Waals surface area contributed by atoms with Crippen LogP contribution in [0.2, 0.25) is 0 Å². The van der Waals surface area contributed by atoms with E-state index in [0.717, 1.165) is 16.8 Å². The summed E-state index contributed by atoms with van der Waals surface area (Å²) >= 11 is 0. The highest BCUT2D eigenvalue weighted by Gasteiger charge is 2.17. The van der Waals surface area contributed by atoms with Gasteiger partial charge < -0.3 is 10.6 Å². The van der Waals surface area contributed by atoms with E-state index in [0.29, 0.717) is 18.1 Å². The minimum Gasteiger partial charge on any atom is -0.334 e. The van der Waals surface area contributed by atoms with Gasteiger partial charge in [0.2, 0.25) is 0 Å². The van der Waals surface area contributed by atoms with E-state index in [-0.39, 0.29) is 15.2 Å². The van der Waals surface area contributed by atoms with Crippen molar-refractivity contribution in [1.82, 2.24) is 15.1 Å². The normalized spacial score (nSPS) is 11.1. The van der Waals surface area contributed by atoms with Crippen molar-refractivity contribution in [3.8, 4) is 5.69 Å². The number of carbonyl (C=O) groups excluding carboxylic acids is 1. The van der Waals surface area contributed by atoms with E-state index in [1.54, 1.807) is 6.07 Å². The van der Waals surface area contributed by atoms with E-state index in [2.05, 4.69) is 20.5 Å². The van der Waals surface area contributed by atoms with Gasteiger partial charge >= 0.3 is 6.03 Å². The fourth-order valence-electron chi connectivity index (χ4n) is 3.13. The summed E-state index contributed by atoms with van der Waals surface area (Å²) in [5.74, 6) is 0.318. The molecule has 0 atom stereocenters. The second-order valence-electron chi connectivity index (χ2n) is 7.39. The Hall–Kier alpha value is -4.11.